The minimum absolute atomic E-state index is 0.144. The molecule has 2 aromatic rings. The second kappa shape index (κ2) is 3.89. The zero-order valence-electron chi connectivity index (χ0n) is 9.38. The summed E-state index contributed by atoms with van der Waals surface area (Å²) in [5, 5.41) is 4.17. The Kier molecular flexibility index (Phi) is 2.37. The fraction of sp³-hybridized carbons (Fsp3) is 0.154. The van der Waals surface area contributed by atoms with Crippen LogP contribution in [-0.4, -0.2) is 11.9 Å². The first kappa shape index (κ1) is 10.4. The Balaban J connectivity index is 2.07. The van der Waals surface area contributed by atoms with E-state index < -0.39 is 0 Å². The topological polar surface area (TPSA) is 47.6 Å². The second-order valence-corrected chi connectivity index (χ2v) is 4.77. The molecule has 17 heavy (non-hydrogen) atoms. The normalized spacial score (nSPS) is 18.2. The van der Waals surface area contributed by atoms with E-state index in [-0.39, 0.29) is 6.10 Å². The smallest absolute Gasteiger partial charge is 0.153 e. The van der Waals surface area contributed by atoms with Gasteiger partial charge < -0.3 is 10.5 Å². The molecule has 0 radical (unpaired) electrons. The van der Waals surface area contributed by atoms with Gasteiger partial charge in [0.2, 0.25) is 0 Å². The van der Waals surface area contributed by atoms with E-state index in [1.807, 2.05) is 25.1 Å². The van der Waals surface area contributed by atoms with E-state index in [4.69, 9.17) is 10.5 Å². The third-order valence-electron chi connectivity index (χ3n) is 2.78. The summed E-state index contributed by atoms with van der Waals surface area (Å²) in [5.74, 6) is 1.32. The number of rotatable bonds is 1. The summed E-state index contributed by atoms with van der Waals surface area (Å²) in [7, 11) is 0. The lowest BCUT2D eigenvalue weighted by molar-refractivity contribution is 0.281. The Morgan fingerprint density at radius 3 is 2.94 bits per heavy atom. The third kappa shape index (κ3) is 1.80. The van der Waals surface area contributed by atoms with Gasteiger partial charge in [-0.15, -0.1) is 0 Å². The van der Waals surface area contributed by atoms with Crippen LogP contribution in [0.2, 0.25) is 0 Å². The number of nitrogens with two attached hydrogens (primary N) is 1. The van der Waals surface area contributed by atoms with Gasteiger partial charge in [0.15, 0.2) is 6.10 Å². The molecule has 0 fully saturated rings. The lowest BCUT2D eigenvalue weighted by atomic mass is 10.1. The molecular weight excluding hydrogens is 232 g/mol. The van der Waals surface area contributed by atoms with Gasteiger partial charge in [-0.3, -0.25) is 0 Å². The van der Waals surface area contributed by atoms with Crippen LogP contribution < -0.4 is 10.5 Å². The monoisotopic (exact) mass is 244 g/mol. The van der Waals surface area contributed by atoms with Crippen LogP contribution in [-0.2, 0) is 0 Å². The van der Waals surface area contributed by atoms with Crippen molar-refractivity contribution in [2.24, 2.45) is 10.7 Å². The lowest BCUT2D eigenvalue weighted by Crippen LogP contribution is -2.33. The highest BCUT2D eigenvalue weighted by atomic mass is 32.1. The molecule has 3 rings (SSSR count). The van der Waals surface area contributed by atoms with Crippen LogP contribution in [0.3, 0.4) is 0 Å². The second-order valence-electron chi connectivity index (χ2n) is 3.99. The van der Waals surface area contributed by atoms with E-state index in [2.05, 4.69) is 21.8 Å². The molecule has 4 heteroatoms. The molecule has 0 spiro atoms. The third-order valence-corrected chi connectivity index (χ3v) is 3.47. The highest BCUT2D eigenvalue weighted by Crippen LogP contribution is 2.36. The molecule has 86 valence electrons. The molecule has 0 saturated heterocycles. The molecule has 1 aromatic heterocycles. The summed E-state index contributed by atoms with van der Waals surface area (Å²) in [6.07, 6.45) is -0.144. The van der Waals surface area contributed by atoms with Crippen molar-refractivity contribution >= 4 is 22.9 Å². The zero-order valence-corrected chi connectivity index (χ0v) is 10.2. The molecule has 0 saturated carbocycles. The Hall–Kier alpha value is -1.81. The van der Waals surface area contributed by atoms with Gasteiger partial charge in [-0.1, -0.05) is 6.07 Å². The van der Waals surface area contributed by atoms with E-state index in [1.54, 1.807) is 11.3 Å². The fourth-order valence-corrected chi connectivity index (χ4v) is 2.46. The van der Waals surface area contributed by atoms with E-state index in [1.165, 1.54) is 5.56 Å². The van der Waals surface area contributed by atoms with Crippen LogP contribution in [0, 0.1) is 0 Å². The minimum atomic E-state index is -0.144. The Morgan fingerprint density at radius 1 is 1.29 bits per heavy atom. The fourth-order valence-electron chi connectivity index (χ4n) is 1.79. The van der Waals surface area contributed by atoms with Crippen molar-refractivity contribution in [1.82, 2.24) is 0 Å². The summed E-state index contributed by atoms with van der Waals surface area (Å²) in [6, 6.07) is 8.10. The van der Waals surface area contributed by atoms with Crippen molar-refractivity contribution in [3.8, 4) is 16.9 Å². The summed E-state index contributed by atoms with van der Waals surface area (Å²) >= 11 is 1.68. The largest absolute Gasteiger partial charge is 0.481 e. The van der Waals surface area contributed by atoms with Crippen molar-refractivity contribution in [2.75, 3.05) is 0 Å². The first-order valence-corrected chi connectivity index (χ1v) is 6.35. The van der Waals surface area contributed by atoms with Crippen molar-refractivity contribution in [1.29, 1.82) is 0 Å². The predicted octanol–water partition coefficient (Wildman–Crippen LogP) is 3.18. The first-order chi connectivity index (χ1) is 8.24. The number of amidine groups is 1. The quantitative estimate of drug-likeness (QED) is 0.837. The van der Waals surface area contributed by atoms with Gasteiger partial charge >= 0.3 is 0 Å². The number of thiophene rings is 1. The van der Waals surface area contributed by atoms with Crippen LogP contribution in [0.25, 0.3) is 11.1 Å². The SMILES string of the molecule is CC1Oc2ccc(-c3ccsc3)cc2N=C1N. The Morgan fingerprint density at radius 2 is 2.18 bits per heavy atom. The van der Waals surface area contributed by atoms with Crippen molar-refractivity contribution in [3.63, 3.8) is 0 Å². The highest BCUT2D eigenvalue weighted by molar-refractivity contribution is 7.08. The van der Waals surface area contributed by atoms with Gasteiger partial charge in [-0.2, -0.15) is 11.3 Å². The van der Waals surface area contributed by atoms with E-state index in [0.717, 1.165) is 17.0 Å². The van der Waals surface area contributed by atoms with Gasteiger partial charge in [0, 0.05) is 0 Å². The van der Waals surface area contributed by atoms with Crippen LogP contribution in [0.15, 0.2) is 40.0 Å². The minimum Gasteiger partial charge on any atom is -0.481 e. The highest BCUT2D eigenvalue weighted by Gasteiger charge is 2.18. The summed E-state index contributed by atoms with van der Waals surface area (Å²) < 4.78 is 5.66. The van der Waals surface area contributed by atoms with Gasteiger partial charge in [0.25, 0.3) is 0 Å². The molecule has 1 unspecified atom stereocenters. The maximum atomic E-state index is 5.79. The molecule has 0 aliphatic carbocycles. The molecule has 3 nitrogen and oxygen atoms in total. The standard InChI is InChI=1S/C13H12N2OS/c1-8-13(14)15-11-6-9(2-3-12(11)16-8)10-4-5-17-7-10/h2-8H,1H3,(H2,14,15). The average Bonchev–Trinajstić information content (AvgIpc) is 2.83. The van der Waals surface area contributed by atoms with Crippen LogP contribution in [0.4, 0.5) is 5.69 Å². The van der Waals surface area contributed by atoms with Gasteiger partial charge in [-0.05, 0) is 47.0 Å². The lowest BCUT2D eigenvalue weighted by Gasteiger charge is -2.21. The first-order valence-electron chi connectivity index (χ1n) is 5.41. The number of hydrogen-bond acceptors (Lipinski definition) is 4. The van der Waals surface area contributed by atoms with Crippen molar-refractivity contribution < 1.29 is 4.74 Å². The van der Waals surface area contributed by atoms with Crippen molar-refractivity contribution in [3.05, 3.63) is 35.0 Å². The number of aliphatic imine (C=N–C) groups is 1. The summed E-state index contributed by atoms with van der Waals surface area (Å²) in [4.78, 5) is 4.37. The number of fused-ring (bicyclic) bond motifs is 1. The molecule has 0 bridgehead atoms. The number of ether oxygens (including phenoxy) is 1. The van der Waals surface area contributed by atoms with E-state index >= 15 is 0 Å². The molecule has 1 aromatic carbocycles. The molecule has 2 heterocycles. The number of benzene rings is 1. The molecule has 1 aliphatic rings. The van der Waals surface area contributed by atoms with Crippen LogP contribution in [0.1, 0.15) is 6.92 Å². The number of hydrogen-bond donors (Lipinski definition) is 1. The summed E-state index contributed by atoms with van der Waals surface area (Å²) in [5.41, 5.74) is 8.94. The molecule has 2 N–H and O–H groups in total. The van der Waals surface area contributed by atoms with Gasteiger partial charge in [0.05, 0.1) is 0 Å². The molecule has 1 atom stereocenters. The Labute approximate surface area is 104 Å². The van der Waals surface area contributed by atoms with E-state index in [9.17, 15) is 0 Å². The number of nitrogens with zero attached hydrogens (tertiary/aromatic N) is 1. The Bertz CT molecular complexity index is 575. The average molecular weight is 244 g/mol. The maximum Gasteiger partial charge on any atom is 0.153 e. The van der Waals surface area contributed by atoms with Crippen LogP contribution >= 0.6 is 11.3 Å². The molecule has 1 aliphatic heterocycles. The zero-order chi connectivity index (χ0) is 11.8. The summed E-state index contributed by atoms with van der Waals surface area (Å²) in [6.45, 7) is 1.90. The van der Waals surface area contributed by atoms with Gasteiger partial charge in [-0.25, -0.2) is 4.99 Å². The predicted molar refractivity (Wildman–Crippen MR) is 71.1 cm³/mol. The van der Waals surface area contributed by atoms with E-state index in [0.29, 0.717) is 5.84 Å². The van der Waals surface area contributed by atoms with Crippen LogP contribution in [0.5, 0.6) is 5.75 Å². The molecule has 0 amide bonds. The maximum absolute atomic E-state index is 5.79. The van der Waals surface area contributed by atoms with Crippen molar-refractivity contribution in [2.45, 2.75) is 13.0 Å². The van der Waals surface area contributed by atoms with Gasteiger partial charge in [0.1, 0.15) is 17.3 Å². The molecular formula is C13H12N2OS.